The molecule has 224 valence electrons. The van der Waals surface area contributed by atoms with Crippen LogP contribution >= 0.6 is 0 Å². The second kappa shape index (κ2) is 13.6. The van der Waals surface area contributed by atoms with Crippen molar-refractivity contribution in [2.75, 3.05) is 26.2 Å². The van der Waals surface area contributed by atoms with Gasteiger partial charge in [0.1, 0.15) is 6.04 Å². The molecule has 0 saturated carbocycles. The molecule has 14 nitrogen and oxygen atoms in total. The van der Waals surface area contributed by atoms with E-state index < -0.39 is 42.2 Å². The number of aliphatic carboxylic acids is 1. The first-order chi connectivity index (χ1) is 20.4. The van der Waals surface area contributed by atoms with Gasteiger partial charge in [-0.1, -0.05) is 23.4 Å². The standard InChI is InChI=1S/C28H37N9O5/c38-24(14-18-8-12-37(28(18)42)11-7-17-5-9-29-10-6-17)31-23(15-25(39)40)27(41)32-22(26-33-35-36-34-26)13-19-16-30-21-4-2-1-3-20(19)21/h1-4,16-18,22-23,29-30H,5-15H2,(H,31,38)(H,32,41)(H,39,40)(H,33,34,35,36)/t18-,22+,23+/m1/s1. The number of likely N-dealkylation sites (tertiary alicyclic amines) is 1. The molecule has 0 bridgehead atoms. The highest BCUT2D eigenvalue weighted by atomic mass is 16.4. The van der Waals surface area contributed by atoms with E-state index in [2.05, 4.69) is 41.6 Å². The highest BCUT2D eigenvalue weighted by Gasteiger charge is 2.35. The minimum absolute atomic E-state index is 0.0609. The number of nitrogens with zero attached hydrogens (tertiary/aromatic N) is 4. The minimum atomic E-state index is -1.35. The second-order valence-electron chi connectivity index (χ2n) is 11.1. The normalized spacial score (nSPS) is 19.1. The molecule has 3 atom stereocenters. The number of piperidine rings is 1. The van der Waals surface area contributed by atoms with E-state index in [9.17, 15) is 24.3 Å². The summed E-state index contributed by atoms with van der Waals surface area (Å²) in [6, 6.07) is 5.60. The molecule has 0 unspecified atom stereocenters. The molecule has 2 saturated heterocycles. The molecule has 5 rings (SSSR count). The zero-order chi connectivity index (χ0) is 29.5. The molecular formula is C28H37N9O5. The zero-order valence-electron chi connectivity index (χ0n) is 23.3. The molecule has 2 fully saturated rings. The van der Waals surface area contributed by atoms with Crippen molar-refractivity contribution >= 4 is 34.6 Å². The molecule has 42 heavy (non-hydrogen) atoms. The van der Waals surface area contributed by atoms with Gasteiger partial charge < -0.3 is 30.9 Å². The predicted octanol–water partition coefficient (Wildman–Crippen LogP) is 0.669. The molecule has 2 aromatic heterocycles. The topological polar surface area (TPSA) is 198 Å². The Bertz CT molecular complexity index is 1390. The van der Waals surface area contributed by atoms with Crippen molar-refractivity contribution in [1.82, 2.24) is 46.5 Å². The molecule has 4 heterocycles. The fourth-order valence-electron chi connectivity index (χ4n) is 5.90. The third kappa shape index (κ3) is 7.29. The molecule has 6 N–H and O–H groups in total. The van der Waals surface area contributed by atoms with E-state index in [1.165, 1.54) is 0 Å². The number of hydrogen-bond acceptors (Lipinski definition) is 8. The van der Waals surface area contributed by atoms with E-state index in [-0.39, 0.29) is 18.2 Å². The Morgan fingerprint density at radius 3 is 2.69 bits per heavy atom. The van der Waals surface area contributed by atoms with Crippen LogP contribution in [0.5, 0.6) is 0 Å². The lowest BCUT2D eigenvalue weighted by molar-refractivity contribution is -0.141. The van der Waals surface area contributed by atoms with Gasteiger partial charge in [0.25, 0.3) is 0 Å². The summed E-state index contributed by atoms with van der Waals surface area (Å²) in [7, 11) is 0. The molecule has 0 spiro atoms. The Morgan fingerprint density at radius 1 is 1.12 bits per heavy atom. The monoisotopic (exact) mass is 579 g/mol. The summed E-state index contributed by atoms with van der Waals surface area (Å²) in [5, 5.41) is 33.1. The third-order valence-electron chi connectivity index (χ3n) is 8.23. The van der Waals surface area contributed by atoms with Crippen molar-refractivity contribution in [2.24, 2.45) is 11.8 Å². The van der Waals surface area contributed by atoms with Gasteiger partial charge in [-0.15, -0.1) is 10.2 Å². The van der Waals surface area contributed by atoms with Crippen LogP contribution in [0.1, 0.15) is 56.0 Å². The Labute approximate surface area is 242 Å². The lowest BCUT2D eigenvalue weighted by atomic mass is 9.94. The Kier molecular flexibility index (Phi) is 9.41. The molecule has 2 aliphatic heterocycles. The van der Waals surface area contributed by atoms with Crippen molar-refractivity contribution in [3.63, 3.8) is 0 Å². The van der Waals surface area contributed by atoms with Crippen molar-refractivity contribution in [1.29, 1.82) is 0 Å². The summed E-state index contributed by atoms with van der Waals surface area (Å²) in [6.07, 6.45) is 5.13. The van der Waals surface area contributed by atoms with Crippen LogP contribution in [0.2, 0.25) is 0 Å². The Balaban J connectivity index is 1.19. The fourth-order valence-corrected chi connectivity index (χ4v) is 5.90. The van der Waals surface area contributed by atoms with E-state index in [4.69, 9.17) is 0 Å². The lowest BCUT2D eigenvalue weighted by Gasteiger charge is -2.25. The fraction of sp³-hybridized carbons (Fsp3) is 0.536. The SMILES string of the molecule is O=C(O)C[C@H](NC(=O)C[C@H]1CCN(CCC2CCNCC2)C1=O)C(=O)N[C@@H](Cc1c[nH]c2ccccc12)c1nn[nH]n1. The summed E-state index contributed by atoms with van der Waals surface area (Å²) in [5.74, 6) is -2.21. The number of rotatable bonds is 13. The number of amides is 3. The number of tetrazole rings is 1. The minimum Gasteiger partial charge on any atom is -0.481 e. The van der Waals surface area contributed by atoms with E-state index in [0.717, 1.165) is 48.8 Å². The molecule has 0 radical (unpaired) electrons. The number of fused-ring (bicyclic) bond motifs is 1. The average Bonchev–Trinajstić information content (AvgIpc) is 3.73. The largest absolute Gasteiger partial charge is 0.481 e. The number of carbonyl (C=O) groups is 4. The van der Waals surface area contributed by atoms with Gasteiger partial charge in [0.2, 0.25) is 17.7 Å². The number of hydrogen-bond donors (Lipinski definition) is 6. The van der Waals surface area contributed by atoms with E-state index in [1.807, 2.05) is 35.4 Å². The number of aromatic amines is 2. The molecule has 1 aromatic carbocycles. The van der Waals surface area contributed by atoms with Crippen LogP contribution in [0.15, 0.2) is 30.5 Å². The van der Waals surface area contributed by atoms with Crippen LogP contribution in [-0.2, 0) is 25.6 Å². The van der Waals surface area contributed by atoms with Gasteiger partial charge >= 0.3 is 5.97 Å². The van der Waals surface area contributed by atoms with Gasteiger partial charge in [0, 0.05) is 48.9 Å². The first-order valence-corrected chi connectivity index (χ1v) is 14.5. The number of carboxylic acid groups (broad SMARTS) is 1. The van der Waals surface area contributed by atoms with Crippen LogP contribution in [0.4, 0.5) is 0 Å². The second-order valence-corrected chi connectivity index (χ2v) is 11.1. The van der Waals surface area contributed by atoms with Crippen LogP contribution in [0.25, 0.3) is 10.9 Å². The maximum Gasteiger partial charge on any atom is 0.305 e. The summed E-state index contributed by atoms with van der Waals surface area (Å²) in [4.78, 5) is 55.9. The van der Waals surface area contributed by atoms with Gasteiger partial charge in [-0.05, 0) is 56.3 Å². The van der Waals surface area contributed by atoms with Gasteiger partial charge in [-0.25, -0.2) is 0 Å². The van der Waals surface area contributed by atoms with Crippen LogP contribution < -0.4 is 16.0 Å². The number of carbonyl (C=O) groups excluding carboxylic acids is 3. The van der Waals surface area contributed by atoms with Crippen molar-refractivity contribution in [2.45, 2.75) is 57.0 Å². The number of benzene rings is 1. The average molecular weight is 580 g/mol. The Hall–Kier alpha value is -4.33. The molecule has 3 aromatic rings. The summed E-state index contributed by atoms with van der Waals surface area (Å²) in [5.41, 5.74) is 1.82. The maximum absolute atomic E-state index is 13.3. The van der Waals surface area contributed by atoms with Crippen molar-refractivity contribution in [3.05, 3.63) is 41.9 Å². The molecular weight excluding hydrogens is 542 g/mol. The number of nitrogens with one attached hydrogen (secondary N) is 5. The molecule has 0 aliphatic carbocycles. The molecule has 14 heteroatoms. The lowest BCUT2D eigenvalue weighted by Crippen LogP contribution is -2.49. The van der Waals surface area contributed by atoms with Gasteiger partial charge in [0.05, 0.1) is 12.5 Å². The smallest absolute Gasteiger partial charge is 0.305 e. The van der Waals surface area contributed by atoms with E-state index in [1.54, 1.807) is 0 Å². The number of carboxylic acids is 1. The number of para-hydroxylation sites is 1. The van der Waals surface area contributed by atoms with Crippen LogP contribution in [-0.4, -0.2) is 91.5 Å². The van der Waals surface area contributed by atoms with E-state index >= 15 is 0 Å². The van der Waals surface area contributed by atoms with Crippen molar-refractivity contribution < 1.29 is 24.3 Å². The molecule has 3 amide bonds. The maximum atomic E-state index is 13.3. The quantitative estimate of drug-likeness (QED) is 0.168. The predicted molar refractivity (Wildman–Crippen MR) is 151 cm³/mol. The summed E-state index contributed by atoms with van der Waals surface area (Å²) < 4.78 is 0. The van der Waals surface area contributed by atoms with Gasteiger partial charge in [0.15, 0.2) is 5.82 Å². The number of H-pyrrole nitrogens is 2. The molecule has 2 aliphatic rings. The zero-order valence-corrected chi connectivity index (χ0v) is 23.3. The van der Waals surface area contributed by atoms with Gasteiger partial charge in [-0.2, -0.15) is 5.21 Å². The summed E-state index contributed by atoms with van der Waals surface area (Å²) >= 11 is 0. The summed E-state index contributed by atoms with van der Waals surface area (Å²) in [6.45, 7) is 3.29. The third-order valence-corrected chi connectivity index (χ3v) is 8.23. The first-order valence-electron chi connectivity index (χ1n) is 14.5. The Morgan fingerprint density at radius 2 is 1.93 bits per heavy atom. The number of aromatic nitrogens is 5. The van der Waals surface area contributed by atoms with Crippen LogP contribution in [0.3, 0.4) is 0 Å². The van der Waals surface area contributed by atoms with Crippen molar-refractivity contribution in [3.8, 4) is 0 Å². The highest BCUT2D eigenvalue weighted by molar-refractivity contribution is 5.93. The van der Waals surface area contributed by atoms with Gasteiger partial charge in [-0.3, -0.25) is 19.2 Å². The van der Waals surface area contributed by atoms with Crippen LogP contribution in [0, 0.1) is 11.8 Å². The highest BCUT2D eigenvalue weighted by Crippen LogP contribution is 2.25. The first kappa shape index (κ1) is 29.2. The van der Waals surface area contributed by atoms with E-state index in [0.29, 0.717) is 31.8 Å².